The zero-order valence-electron chi connectivity index (χ0n) is 14.9. The van der Waals surface area contributed by atoms with Crippen LogP contribution in [0.5, 0.6) is 5.75 Å². The van der Waals surface area contributed by atoms with E-state index in [1.165, 1.54) is 0 Å². The van der Waals surface area contributed by atoms with Crippen LogP contribution in [0.25, 0.3) is 5.69 Å². The van der Waals surface area contributed by atoms with Gasteiger partial charge in [0.15, 0.2) is 5.69 Å². The highest BCUT2D eigenvalue weighted by Crippen LogP contribution is 2.23. The summed E-state index contributed by atoms with van der Waals surface area (Å²) in [6, 6.07) is 7.38. The second kappa shape index (κ2) is 7.23. The average molecular weight is 344 g/mol. The number of hydrogen-bond acceptors (Lipinski definition) is 5. The maximum Gasteiger partial charge on any atom is 0.273 e. The number of methoxy groups -OCH3 is 1. The lowest BCUT2D eigenvalue weighted by Crippen LogP contribution is -2.54. The first-order valence-corrected chi connectivity index (χ1v) is 8.50. The van der Waals surface area contributed by atoms with Crippen LogP contribution in [0.15, 0.2) is 30.5 Å². The van der Waals surface area contributed by atoms with Gasteiger partial charge in [0, 0.05) is 6.61 Å². The van der Waals surface area contributed by atoms with Crippen LogP contribution in [-0.4, -0.2) is 46.3 Å². The zero-order chi connectivity index (χ0) is 17.9. The highest BCUT2D eigenvalue weighted by Gasteiger charge is 2.34. The van der Waals surface area contributed by atoms with E-state index in [0.29, 0.717) is 0 Å². The van der Waals surface area contributed by atoms with Crippen molar-refractivity contribution in [1.29, 1.82) is 0 Å². The molecule has 1 N–H and O–H groups in total. The molecule has 2 heterocycles. The van der Waals surface area contributed by atoms with Crippen LogP contribution in [0, 0.1) is 0 Å². The first kappa shape index (κ1) is 17.4. The SMILES string of the molecule is COc1ccc(-n2cc(C(=O)NC(C)(C)C3CCCCO3)nn2)cc1. The van der Waals surface area contributed by atoms with E-state index in [9.17, 15) is 4.79 Å². The van der Waals surface area contributed by atoms with E-state index in [4.69, 9.17) is 9.47 Å². The molecule has 1 saturated heterocycles. The molecule has 1 aliphatic heterocycles. The normalized spacial score (nSPS) is 18.0. The van der Waals surface area contributed by atoms with E-state index in [-0.39, 0.29) is 17.7 Å². The number of amides is 1. The van der Waals surface area contributed by atoms with Crippen LogP contribution in [0.3, 0.4) is 0 Å². The van der Waals surface area contributed by atoms with E-state index in [0.717, 1.165) is 37.3 Å². The molecule has 134 valence electrons. The maximum absolute atomic E-state index is 12.5. The van der Waals surface area contributed by atoms with Crippen molar-refractivity contribution in [3.8, 4) is 11.4 Å². The van der Waals surface area contributed by atoms with Crippen LogP contribution in [0.1, 0.15) is 43.6 Å². The fourth-order valence-corrected chi connectivity index (χ4v) is 2.98. The predicted octanol–water partition coefficient (Wildman–Crippen LogP) is 2.35. The number of benzene rings is 1. The molecule has 25 heavy (non-hydrogen) atoms. The molecular formula is C18H24N4O3. The number of carbonyl (C=O) groups excluding carboxylic acids is 1. The minimum Gasteiger partial charge on any atom is -0.497 e. The molecule has 1 aliphatic rings. The van der Waals surface area contributed by atoms with Crippen molar-refractivity contribution in [1.82, 2.24) is 20.3 Å². The molecule has 1 fully saturated rings. The van der Waals surface area contributed by atoms with Gasteiger partial charge in [-0.2, -0.15) is 0 Å². The van der Waals surface area contributed by atoms with Crippen molar-refractivity contribution >= 4 is 5.91 Å². The molecule has 2 aromatic rings. The molecule has 0 spiro atoms. The maximum atomic E-state index is 12.5. The molecule has 0 bridgehead atoms. The molecule has 0 aliphatic carbocycles. The van der Waals surface area contributed by atoms with Crippen LogP contribution in [0.4, 0.5) is 0 Å². The van der Waals surface area contributed by atoms with Crippen molar-refractivity contribution in [2.24, 2.45) is 0 Å². The number of aromatic nitrogens is 3. The smallest absolute Gasteiger partial charge is 0.273 e. The van der Waals surface area contributed by atoms with E-state index < -0.39 is 5.54 Å². The first-order chi connectivity index (χ1) is 12.0. The van der Waals surface area contributed by atoms with Crippen LogP contribution >= 0.6 is 0 Å². The van der Waals surface area contributed by atoms with Gasteiger partial charge >= 0.3 is 0 Å². The molecule has 0 saturated carbocycles. The van der Waals surface area contributed by atoms with Gasteiger partial charge in [0.2, 0.25) is 0 Å². The van der Waals surface area contributed by atoms with Gasteiger partial charge in [0.1, 0.15) is 5.75 Å². The van der Waals surface area contributed by atoms with Crippen molar-refractivity contribution in [2.75, 3.05) is 13.7 Å². The van der Waals surface area contributed by atoms with Gasteiger partial charge in [-0.05, 0) is 57.4 Å². The Bertz CT molecular complexity index is 718. The third kappa shape index (κ3) is 3.99. The molecule has 3 rings (SSSR count). The van der Waals surface area contributed by atoms with Gasteiger partial charge in [-0.15, -0.1) is 5.10 Å². The van der Waals surface area contributed by atoms with Crippen molar-refractivity contribution in [2.45, 2.75) is 44.8 Å². The second-order valence-corrected chi connectivity index (χ2v) is 6.78. The molecular weight excluding hydrogens is 320 g/mol. The summed E-state index contributed by atoms with van der Waals surface area (Å²) in [7, 11) is 1.62. The molecule has 1 atom stereocenters. The van der Waals surface area contributed by atoms with Crippen molar-refractivity contribution in [3.05, 3.63) is 36.2 Å². The van der Waals surface area contributed by atoms with Gasteiger partial charge in [-0.3, -0.25) is 4.79 Å². The number of rotatable bonds is 5. The summed E-state index contributed by atoms with van der Waals surface area (Å²) in [5.74, 6) is 0.509. The third-order valence-electron chi connectivity index (χ3n) is 4.48. The summed E-state index contributed by atoms with van der Waals surface area (Å²) in [5.41, 5.74) is 0.628. The molecule has 1 amide bonds. The third-order valence-corrected chi connectivity index (χ3v) is 4.48. The summed E-state index contributed by atoms with van der Waals surface area (Å²) in [6.07, 6.45) is 4.79. The highest BCUT2D eigenvalue weighted by atomic mass is 16.5. The Morgan fingerprint density at radius 3 is 2.72 bits per heavy atom. The number of carbonyl (C=O) groups is 1. The fourth-order valence-electron chi connectivity index (χ4n) is 2.98. The Morgan fingerprint density at radius 1 is 1.32 bits per heavy atom. The van der Waals surface area contributed by atoms with Gasteiger partial charge in [-0.25, -0.2) is 4.68 Å². The summed E-state index contributed by atoms with van der Waals surface area (Å²) in [4.78, 5) is 12.5. The molecule has 1 aromatic carbocycles. The summed E-state index contributed by atoms with van der Waals surface area (Å²) in [5, 5.41) is 11.1. The van der Waals surface area contributed by atoms with E-state index in [1.54, 1.807) is 18.0 Å². The van der Waals surface area contributed by atoms with Crippen molar-refractivity contribution in [3.63, 3.8) is 0 Å². The van der Waals surface area contributed by atoms with Gasteiger partial charge in [0.05, 0.1) is 30.6 Å². The minimum absolute atomic E-state index is 0.0156. The number of hydrogen-bond donors (Lipinski definition) is 1. The summed E-state index contributed by atoms with van der Waals surface area (Å²) < 4.78 is 12.5. The van der Waals surface area contributed by atoms with Gasteiger partial charge in [-0.1, -0.05) is 5.21 Å². The molecule has 7 heteroatoms. The quantitative estimate of drug-likeness (QED) is 0.901. The van der Waals surface area contributed by atoms with E-state index in [1.807, 2.05) is 38.1 Å². The topological polar surface area (TPSA) is 78.3 Å². The first-order valence-electron chi connectivity index (χ1n) is 8.50. The number of ether oxygens (including phenoxy) is 2. The Morgan fingerprint density at radius 2 is 2.08 bits per heavy atom. The lowest BCUT2D eigenvalue weighted by atomic mass is 9.91. The average Bonchev–Trinajstić information content (AvgIpc) is 3.12. The molecule has 1 unspecified atom stereocenters. The highest BCUT2D eigenvalue weighted by molar-refractivity contribution is 5.92. The summed E-state index contributed by atoms with van der Waals surface area (Å²) >= 11 is 0. The Hall–Kier alpha value is -2.41. The monoisotopic (exact) mass is 344 g/mol. The predicted molar refractivity (Wildman–Crippen MR) is 93.0 cm³/mol. The minimum atomic E-state index is -0.457. The van der Waals surface area contributed by atoms with E-state index >= 15 is 0 Å². The standard InChI is InChI=1S/C18H24N4O3/c1-18(2,16-6-4-5-11-25-16)19-17(23)15-12-22(21-20-15)13-7-9-14(24-3)10-8-13/h7-10,12,16H,4-6,11H2,1-3H3,(H,19,23). The van der Waals surface area contributed by atoms with Gasteiger partial charge < -0.3 is 14.8 Å². The zero-order valence-corrected chi connectivity index (χ0v) is 14.9. The van der Waals surface area contributed by atoms with Gasteiger partial charge in [0.25, 0.3) is 5.91 Å². The largest absolute Gasteiger partial charge is 0.497 e. The Kier molecular flexibility index (Phi) is 5.03. The molecule has 1 aromatic heterocycles. The van der Waals surface area contributed by atoms with Crippen LogP contribution in [0.2, 0.25) is 0 Å². The second-order valence-electron chi connectivity index (χ2n) is 6.78. The Labute approximate surface area is 147 Å². The Balaban J connectivity index is 1.69. The number of nitrogens with zero attached hydrogens (tertiary/aromatic N) is 3. The molecule has 7 nitrogen and oxygen atoms in total. The number of nitrogens with one attached hydrogen (secondary N) is 1. The molecule has 0 radical (unpaired) electrons. The van der Waals surface area contributed by atoms with Crippen molar-refractivity contribution < 1.29 is 14.3 Å². The van der Waals surface area contributed by atoms with Crippen LogP contribution < -0.4 is 10.1 Å². The summed E-state index contributed by atoms with van der Waals surface area (Å²) in [6.45, 7) is 4.71. The lowest BCUT2D eigenvalue weighted by Gasteiger charge is -2.37. The fraction of sp³-hybridized carbons (Fsp3) is 0.500. The van der Waals surface area contributed by atoms with Crippen LogP contribution in [-0.2, 0) is 4.74 Å². The lowest BCUT2D eigenvalue weighted by molar-refractivity contribution is -0.0318. The van der Waals surface area contributed by atoms with E-state index in [2.05, 4.69) is 15.6 Å².